The highest BCUT2D eigenvalue weighted by molar-refractivity contribution is 5.91. The SMILES string of the molecule is Cc1cc(C)n2nc(C(=O)N3CCC[C@H](O)C3)nc2n1. The lowest BCUT2D eigenvalue weighted by Crippen LogP contribution is -2.42. The molecule has 0 radical (unpaired) electrons. The molecule has 1 saturated heterocycles. The highest BCUT2D eigenvalue weighted by atomic mass is 16.3. The van der Waals surface area contributed by atoms with E-state index in [2.05, 4.69) is 15.1 Å². The smallest absolute Gasteiger partial charge is 0.293 e. The molecule has 1 atom stereocenters. The molecule has 7 nitrogen and oxygen atoms in total. The Morgan fingerprint density at radius 2 is 2.20 bits per heavy atom. The zero-order valence-corrected chi connectivity index (χ0v) is 11.6. The van der Waals surface area contributed by atoms with Crippen LogP contribution in [0.1, 0.15) is 34.8 Å². The van der Waals surface area contributed by atoms with Crippen LogP contribution in [-0.2, 0) is 0 Å². The van der Waals surface area contributed by atoms with Crippen molar-refractivity contribution < 1.29 is 9.90 Å². The van der Waals surface area contributed by atoms with E-state index in [1.54, 1.807) is 9.42 Å². The number of carbonyl (C=O) groups is 1. The van der Waals surface area contributed by atoms with Gasteiger partial charge < -0.3 is 10.0 Å². The van der Waals surface area contributed by atoms with Crippen molar-refractivity contribution in [2.24, 2.45) is 0 Å². The van der Waals surface area contributed by atoms with Crippen LogP contribution in [0.15, 0.2) is 6.07 Å². The first-order chi connectivity index (χ1) is 9.54. The van der Waals surface area contributed by atoms with Gasteiger partial charge in [-0.25, -0.2) is 9.50 Å². The molecule has 2 aromatic heterocycles. The van der Waals surface area contributed by atoms with Gasteiger partial charge in [0, 0.05) is 24.5 Å². The van der Waals surface area contributed by atoms with Crippen molar-refractivity contribution in [1.82, 2.24) is 24.5 Å². The second-order valence-electron chi connectivity index (χ2n) is 5.23. The molecular formula is C13H17N5O2. The molecule has 1 amide bonds. The van der Waals surface area contributed by atoms with Gasteiger partial charge in [-0.2, -0.15) is 4.98 Å². The number of rotatable bonds is 1. The summed E-state index contributed by atoms with van der Waals surface area (Å²) in [5.74, 6) is 0.329. The maximum absolute atomic E-state index is 12.4. The van der Waals surface area contributed by atoms with Crippen LogP contribution >= 0.6 is 0 Å². The summed E-state index contributed by atoms with van der Waals surface area (Å²) < 4.78 is 1.57. The van der Waals surface area contributed by atoms with Crippen LogP contribution in [0.2, 0.25) is 0 Å². The molecule has 0 saturated carbocycles. The van der Waals surface area contributed by atoms with E-state index in [4.69, 9.17) is 0 Å². The number of aromatic nitrogens is 4. The summed E-state index contributed by atoms with van der Waals surface area (Å²) in [6, 6.07) is 1.89. The molecule has 1 N–H and O–H groups in total. The van der Waals surface area contributed by atoms with Gasteiger partial charge in [0.1, 0.15) is 0 Å². The normalized spacial score (nSPS) is 19.6. The summed E-state index contributed by atoms with van der Waals surface area (Å²) in [5.41, 5.74) is 1.73. The third-order valence-corrected chi connectivity index (χ3v) is 3.49. The minimum absolute atomic E-state index is 0.139. The number of aliphatic hydroxyl groups excluding tert-OH is 1. The van der Waals surface area contributed by atoms with E-state index in [0.717, 1.165) is 24.2 Å². The number of β-amino-alcohol motifs (C(OH)–C–C–N with tert-alkyl or cyclic N) is 1. The molecule has 0 aromatic carbocycles. The van der Waals surface area contributed by atoms with Crippen LogP contribution in [0, 0.1) is 13.8 Å². The van der Waals surface area contributed by atoms with Crippen molar-refractivity contribution in [3.63, 3.8) is 0 Å². The van der Waals surface area contributed by atoms with Gasteiger partial charge in [0.15, 0.2) is 0 Å². The van der Waals surface area contributed by atoms with E-state index in [0.29, 0.717) is 18.9 Å². The average Bonchev–Trinajstić information content (AvgIpc) is 2.82. The number of nitrogens with zero attached hydrogens (tertiary/aromatic N) is 5. The quantitative estimate of drug-likeness (QED) is 0.811. The van der Waals surface area contributed by atoms with Crippen LogP contribution in [-0.4, -0.2) is 54.7 Å². The molecule has 0 aliphatic carbocycles. The van der Waals surface area contributed by atoms with Crippen molar-refractivity contribution >= 4 is 11.7 Å². The number of aliphatic hydroxyl groups is 1. The predicted molar refractivity (Wildman–Crippen MR) is 71.4 cm³/mol. The highest BCUT2D eigenvalue weighted by Gasteiger charge is 2.26. The Morgan fingerprint density at radius 1 is 1.40 bits per heavy atom. The average molecular weight is 275 g/mol. The Hall–Kier alpha value is -2.02. The van der Waals surface area contributed by atoms with E-state index in [1.807, 2.05) is 19.9 Å². The van der Waals surface area contributed by atoms with Crippen LogP contribution in [0.25, 0.3) is 5.78 Å². The van der Waals surface area contributed by atoms with Crippen LogP contribution < -0.4 is 0 Å². The van der Waals surface area contributed by atoms with Crippen molar-refractivity contribution in [1.29, 1.82) is 0 Å². The second-order valence-corrected chi connectivity index (χ2v) is 5.23. The maximum atomic E-state index is 12.4. The predicted octanol–water partition coefficient (Wildman–Crippen LogP) is 0.338. The molecule has 1 fully saturated rings. The monoisotopic (exact) mass is 275 g/mol. The fourth-order valence-electron chi connectivity index (χ4n) is 2.54. The Bertz CT molecular complexity index is 666. The fraction of sp³-hybridized carbons (Fsp3) is 0.538. The number of hydrogen-bond acceptors (Lipinski definition) is 5. The number of aryl methyl sites for hydroxylation is 2. The highest BCUT2D eigenvalue weighted by Crippen LogP contribution is 2.13. The molecule has 7 heteroatoms. The second kappa shape index (κ2) is 4.82. The Labute approximate surface area is 116 Å². The lowest BCUT2D eigenvalue weighted by molar-refractivity contribution is 0.0464. The summed E-state index contributed by atoms with van der Waals surface area (Å²) in [5, 5.41) is 13.9. The van der Waals surface area contributed by atoms with Crippen LogP contribution in [0.3, 0.4) is 0 Å². The maximum Gasteiger partial charge on any atom is 0.293 e. The van der Waals surface area contributed by atoms with Gasteiger partial charge in [0.2, 0.25) is 5.82 Å². The van der Waals surface area contributed by atoms with Crippen molar-refractivity contribution in [3.8, 4) is 0 Å². The lowest BCUT2D eigenvalue weighted by atomic mass is 10.1. The molecule has 106 valence electrons. The third kappa shape index (κ3) is 2.24. The van der Waals surface area contributed by atoms with E-state index in [9.17, 15) is 9.90 Å². The number of piperidine rings is 1. The van der Waals surface area contributed by atoms with Crippen molar-refractivity contribution in [2.45, 2.75) is 32.8 Å². The molecule has 3 heterocycles. The number of hydrogen-bond donors (Lipinski definition) is 1. The summed E-state index contributed by atoms with van der Waals surface area (Å²) in [6.45, 7) is 4.76. The standard InChI is InChI=1S/C13H17N5O2/c1-8-6-9(2)18-13(14-8)15-11(16-18)12(20)17-5-3-4-10(19)7-17/h6,10,19H,3-5,7H2,1-2H3/t10-/m0/s1. The van der Waals surface area contributed by atoms with Crippen LogP contribution in [0.5, 0.6) is 0 Å². The lowest BCUT2D eigenvalue weighted by Gasteiger charge is -2.29. The Balaban J connectivity index is 1.93. The first-order valence-electron chi connectivity index (χ1n) is 6.73. The van der Waals surface area contributed by atoms with Gasteiger partial charge in [0.05, 0.1) is 6.10 Å². The summed E-state index contributed by atoms with van der Waals surface area (Å²) in [4.78, 5) is 22.4. The molecule has 0 spiro atoms. The minimum atomic E-state index is -0.452. The van der Waals surface area contributed by atoms with Crippen molar-refractivity contribution in [3.05, 3.63) is 23.3 Å². The first-order valence-corrected chi connectivity index (χ1v) is 6.73. The van der Waals surface area contributed by atoms with E-state index >= 15 is 0 Å². The summed E-state index contributed by atoms with van der Waals surface area (Å²) in [7, 11) is 0. The Morgan fingerprint density at radius 3 is 2.95 bits per heavy atom. The van der Waals surface area contributed by atoms with Crippen LogP contribution in [0.4, 0.5) is 0 Å². The van der Waals surface area contributed by atoms with Gasteiger partial charge in [-0.05, 0) is 32.8 Å². The number of fused-ring (bicyclic) bond motifs is 1. The van der Waals surface area contributed by atoms with Gasteiger partial charge in [-0.15, -0.1) is 5.10 Å². The molecule has 0 bridgehead atoms. The zero-order chi connectivity index (χ0) is 14.3. The fourth-order valence-corrected chi connectivity index (χ4v) is 2.54. The molecule has 20 heavy (non-hydrogen) atoms. The van der Waals surface area contributed by atoms with E-state index < -0.39 is 6.10 Å². The summed E-state index contributed by atoms with van der Waals surface area (Å²) in [6.07, 6.45) is 1.09. The Kier molecular flexibility index (Phi) is 3.13. The van der Waals surface area contributed by atoms with E-state index in [-0.39, 0.29) is 11.7 Å². The van der Waals surface area contributed by atoms with Gasteiger partial charge in [-0.1, -0.05) is 0 Å². The van der Waals surface area contributed by atoms with Crippen molar-refractivity contribution in [2.75, 3.05) is 13.1 Å². The number of amides is 1. The molecular weight excluding hydrogens is 258 g/mol. The molecule has 3 rings (SSSR count). The van der Waals surface area contributed by atoms with Gasteiger partial charge >= 0.3 is 0 Å². The van der Waals surface area contributed by atoms with Gasteiger partial charge in [0.25, 0.3) is 11.7 Å². The largest absolute Gasteiger partial charge is 0.391 e. The molecule has 1 aliphatic heterocycles. The minimum Gasteiger partial charge on any atom is -0.391 e. The molecule has 1 aliphatic rings. The van der Waals surface area contributed by atoms with Gasteiger partial charge in [-0.3, -0.25) is 4.79 Å². The molecule has 0 unspecified atom stereocenters. The first kappa shape index (κ1) is 13.0. The molecule has 2 aromatic rings. The topological polar surface area (TPSA) is 83.6 Å². The van der Waals surface area contributed by atoms with E-state index in [1.165, 1.54) is 0 Å². The number of carbonyl (C=O) groups excluding carboxylic acids is 1. The zero-order valence-electron chi connectivity index (χ0n) is 11.6. The third-order valence-electron chi connectivity index (χ3n) is 3.49. The summed E-state index contributed by atoms with van der Waals surface area (Å²) >= 11 is 0. The number of likely N-dealkylation sites (tertiary alicyclic amines) is 1.